The number of amidine groups is 1. The van der Waals surface area contributed by atoms with Crippen LogP contribution in [-0.4, -0.2) is 43.2 Å². The molecule has 0 bridgehead atoms. The molecule has 3 aromatic rings. The summed E-state index contributed by atoms with van der Waals surface area (Å²) < 4.78 is 42.4. The van der Waals surface area contributed by atoms with E-state index in [0.29, 0.717) is 0 Å². The Hall–Kier alpha value is -3.50. The Bertz CT molecular complexity index is 1010. The summed E-state index contributed by atoms with van der Waals surface area (Å²) in [7, 11) is 0. The minimum Gasteiger partial charge on any atom is -0.480 e. The van der Waals surface area contributed by atoms with Crippen molar-refractivity contribution in [3.8, 4) is 0 Å². The van der Waals surface area contributed by atoms with Gasteiger partial charge in [0.15, 0.2) is 5.65 Å². The quantitative estimate of drug-likeness (QED) is 0.516. The number of carboxylic acids is 1. The molecule has 0 aliphatic carbocycles. The predicted octanol–water partition coefficient (Wildman–Crippen LogP) is 1.08. The molecule has 0 aromatic carbocycles. The fraction of sp³-hybridized carbons (Fsp3) is 0.133. The molecule has 134 valence electrons. The summed E-state index contributed by atoms with van der Waals surface area (Å²) in [6.45, 7) is -0.974. The third-order valence-electron chi connectivity index (χ3n) is 3.44. The van der Waals surface area contributed by atoms with E-state index in [1.54, 1.807) is 0 Å². The van der Waals surface area contributed by atoms with Crippen LogP contribution in [0.1, 0.15) is 11.3 Å². The first kappa shape index (κ1) is 17.3. The first-order valence-corrected chi connectivity index (χ1v) is 7.19. The van der Waals surface area contributed by atoms with E-state index in [0.717, 1.165) is 29.3 Å². The second-order valence-electron chi connectivity index (χ2n) is 5.21. The molecule has 3 rings (SSSR count). The monoisotopic (exact) mass is 364 g/mol. The van der Waals surface area contributed by atoms with Crippen molar-refractivity contribution in [3.05, 3.63) is 53.4 Å². The fourth-order valence-electron chi connectivity index (χ4n) is 2.30. The lowest BCUT2D eigenvalue weighted by Crippen LogP contribution is -2.17. The second-order valence-corrected chi connectivity index (χ2v) is 5.21. The number of hydrogen-bond donors (Lipinski definition) is 2. The number of nitrogens with zero attached hydrogens (tertiary/aromatic N) is 5. The molecule has 11 heteroatoms. The highest BCUT2D eigenvalue weighted by atomic mass is 19.1. The van der Waals surface area contributed by atoms with E-state index in [9.17, 15) is 18.0 Å². The fourth-order valence-corrected chi connectivity index (χ4v) is 2.30. The van der Waals surface area contributed by atoms with Crippen LogP contribution < -0.4 is 5.73 Å². The second kappa shape index (κ2) is 6.78. The lowest BCUT2D eigenvalue weighted by molar-refractivity contribution is -0.135. The van der Waals surface area contributed by atoms with Crippen molar-refractivity contribution in [2.24, 2.45) is 10.7 Å². The van der Waals surface area contributed by atoms with Gasteiger partial charge in [0.2, 0.25) is 0 Å². The van der Waals surface area contributed by atoms with Crippen molar-refractivity contribution in [1.29, 1.82) is 0 Å². The first-order valence-electron chi connectivity index (χ1n) is 7.19. The number of rotatable bonds is 5. The van der Waals surface area contributed by atoms with E-state index in [1.807, 2.05) is 0 Å². The third-order valence-corrected chi connectivity index (χ3v) is 3.44. The van der Waals surface area contributed by atoms with Crippen molar-refractivity contribution < 1.29 is 23.1 Å². The maximum Gasteiger partial charge on any atom is 0.325 e. The zero-order chi connectivity index (χ0) is 18.8. The molecule has 3 N–H and O–H groups in total. The Morgan fingerprint density at radius 2 is 1.92 bits per heavy atom. The van der Waals surface area contributed by atoms with Crippen LogP contribution in [0.4, 0.5) is 13.2 Å². The molecule has 0 unspecified atom stereocenters. The van der Waals surface area contributed by atoms with Crippen molar-refractivity contribution >= 4 is 22.8 Å². The van der Waals surface area contributed by atoms with Crippen molar-refractivity contribution in [1.82, 2.24) is 19.7 Å². The molecular formula is C15H11F3N6O2. The smallest absolute Gasteiger partial charge is 0.325 e. The molecule has 26 heavy (non-hydrogen) atoms. The number of fused-ring (bicyclic) bond motifs is 1. The summed E-state index contributed by atoms with van der Waals surface area (Å²) >= 11 is 0. The van der Waals surface area contributed by atoms with Gasteiger partial charge in [0.25, 0.3) is 0 Å². The Kier molecular flexibility index (Phi) is 4.52. The van der Waals surface area contributed by atoms with Gasteiger partial charge in [-0.3, -0.25) is 14.8 Å². The third kappa shape index (κ3) is 3.31. The Labute approximate surface area is 143 Å². The van der Waals surface area contributed by atoms with Gasteiger partial charge < -0.3 is 10.8 Å². The minimum absolute atomic E-state index is 0.0388. The summed E-state index contributed by atoms with van der Waals surface area (Å²) in [4.78, 5) is 21.5. The maximum atomic E-state index is 13.8. The molecule has 8 nitrogen and oxygen atoms in total. The number of carbonyl (C=O) groups is 1. The van der Waals surface area contributed by atoms with Gasteiger partial charge in [-0.1, -0.05) is 0 Å². The zero-order valence-electron chi connectivity index (χ0n) is 13.0. The highest BCUT2D eigenvalue weighted by molar-refractivity contribution is 6.06. The summed E-state index contributed by atoms with van der Waals surface area (Å²) in [6, 6.07) is 1.07. The van der Waals surface area contributed by atoms with Crippen LogP contribution in [0.2, 0.25) is 0 Å². The normalized spacial score (nSPS) is 11.9. The van der Waals surface area contributed by atoms with E-state index >= 15 is 0 Å². The molecule has 0 saturated heterocycles. The SMILES string of the molecule is NC(=NCC(=O)O)c1nn(Cc2c(F)cncc2F)c2ncc(F)cc12. The predicted molar refractivity (Wildman–Crippen MR) is 84.0 cm³/mol. The summed E-state index contributed by atoms with van der Waals surface area (Å²) in [5.74, 6) is -3.94. The van der Waals surface area contributed by atoms with Gasteiger partial charge in [-0.25, -0.2) is 22.8 Å². The summed E-state index contributed by atoms with van der Waals surface area (Å²) in [5.41, 5.74) is 5.48. The average Bonchev–Trinajstić information content (AvgIpc) is 2.94. The molecule has 0 spiro atoms. The summed E-state index contributed by atoms with van der Waals surface area (Å²) in [5, 5.41) is 12.9. The molecule has 0 aliphatic rings. The number of aromatic nitrogens is 4. The minimum atomic E-state index is -1.22. The molecule has 0 aliphatic heterocycles. The van der Waals surface area contributed by atoms with Crippen molar-refractivity contribution in [3.63, 3.8) is 0 Å². The highest BCUT2D eigenvalue weighted by Crippen LogP contribution is 2.20. The van der Waals surface area contributed by atoms with Gasteiger partial charge in [0.1, 0.15) is 35.5 Å². The number of nitrogens with two attached hydrogens (primary N) is 1. The number of aliphatic imine (C=N–C) groups is 1. The van der Waals surface area contributed by atoms with Crippen LogP contribution in [0.25, 0.3) is 11.0 Å². The molecule has 0 atom stereocenters. The number of carboxylic acid groups (broad SMARTS) is 1. The van der Waals surface area contributed by atoms with Gasteiger partial charge in [-0.15, -0.1) is 0 Å². The van der Waals surface area contributed by atoms with Gasteiger partial charge in [0, 0.05) is 5.56 Å². The lowest BCUT2D eigenvalue weighted by atomic mass is 10.2. The maximum absolute atomic E-state index is 13.8. The van der Waals surface area contributed by atoms with E-state index in [4.69, 9.17) is 10.8 Å². The van der Waals surface area contributed by atoms with Crippen LogP contribution in [-0.2, 0) is 11.3 Å². The number of hydrogen-bond acceptors (Lipinski definition) is 5. The van der Waals surface area contributed by atoms with Gasteiger partial charge in [-0.2, -0.15) is 5.10 Å². The Morgan fingerprint density at radius 3 is 2.58 bits per heavy atom. The Morgan fingerprint density at radius 1 is 1.23 bits per heavy atom. The van der Waals surface area contributed by atoms with Crippen LogP contribution >= 0.6 is 0 Å². The highest BCUT2D eigenvalue weighted by Gasteiger charge is 2.18. The molecule has 0 saturated carbocycles. The average molecular weight is 364 g/mol. The van der Waals surface area contributed by atoms with Crippen LogP contribution in [0.15, 0.2) is 29.6 Å². The standard InChI is InChI=1S/C15H11F3N6O2/c16-7-1-8-13(14(19)21-5-12(25)26)23-24(15(8)22-2-7)6-9-10(17)3-20-4-11(9)18/h1-4H,5-6H2,(H2,19,21)(H,25,26). The first-order chi connectivity index (χ1) is 12.4. The van der Waals surface area contributed by atoms with E-state index in [1.165, 1.54) is 0 Å². The van der Waals surface area contributed by atoms with Gasteiger partial charge >= 0.3 is 5.97 Å². The summed E-state index contributed by atoms with van der Waals surface area (Å²) in [6.07, 6.45) is 2.61. The molecular weight excluding hydrogens is 353 g/mol. The number of halogens is 3. The van der Waals surface area contributed by atoms with Crippen LogP contribution in [0.3, 0.4) is 0 Å². The molecule has 0 radical (unpaired) electrons. The topological polar surface area (TPSA) is 119 Å². The van der Waals surface area contributed by atoms with Gasteiger partial charge in [-0.05, 0) is 6.07 Å². The van der Waals surface area contributed by atoms with Crippen LogP contribution in [0.5, 0.6) is 0 Å². The van der Waals surface area contributed by atoms with E-state index < -0.39 is 30.0 Å². The van der Waals surface area contributed by atoms with Crippen molar-refractivity contribution in [2.75, 3.05) is 6.54 Å². The van der Waals surface area contributed by atoms with Gasteiger partial charge in [0.05, 0.1) is 30.5 Å². The lowest BCUT2D eigenvalue weighted by Gasteiger charge is -2.05. The molecule has 3 heterocycles. The number of aliphatic carboxylic acids is 1. The largest absolute Gasteiger partial charge is 0.480 e. The van der Waals surface area contributed by atoms with E-state index in [-0.39, 0.29) is 34.7 Å². The van der Waals surface area contributed by atoms with Crippen molar-refractivity contribution in [2.45, 2.75) is 6.54 Å². The molecule has 0 fully saturated rings. The van der Waals surface area contributed by atoms with Crippen LogP contribution in [0, 0.1) is 17.5 Å². The number of pyridine rings is 2. The molecule has 0 amide bonds. The Balaban J connectivity index is 2.12. The zero-order valence-corrected chi connectivity index (χ0v) is 13.0. The van der Waals surface area contributed by atoms with E-state index in [2.05, 4.69) is 20.1 Å². The molecule has 3 aromatic heterocycles.